The fourth-order valence-electron chi connectivity index (χ4n) is 3.81. The highest BCUT2D eigenvalue weighted by Crippen LogP contribution is 2.38. The third-order valence-corrected chi connectivity index (χ3v) is 6.82. The second-order valence-electron chi connectivity index (χ2n) is 9.33. The number of benzene rings is 1. The Bertz CT molecular complexity index is 1230. The topological polar surface area (TPSA) is 83.4 Å². The van der Waals surface area contributed by atoms with Gasteiger partial charge in [0.15, 0.2) is 0 Å². The molecule has 1 aliphatic carbocycles. The lowest BCUT2D eigenvalue weighted by Crippen LogP contribution is -2.59. The van der Waals surface area contributed by atoms with Crippen LogP contribution in [0.25, 0.3) is 0 Å². The van der Waals surface area contributed by atoms with Crippen LogP contribution in [-0.4, -0.2) is 16.2 Å². The van der Waals surface area contributed by atoms with Gasteiger partial charge in [-0.05, 0) is 52.4 Å². The predicted molar refractivity (Wildman–Crippen MR) is 126 cm³/mol. The number of aromatic nitrogens is 1. The normalized spacial score (nSPS) is 17.9. The van der Waals surface area contributed by atoms with Crippen LogP contribution in [0.3, 0.4) is 0 Å². The first-order valence-corrected chi connectivity index (χ1v) is 11.5. The van der Waals surface area contributed by atoms with Gasteiger partial charge >= 0.3 is 0 Å². The molecule has 0 spiro atoms. The Balaban J connectivity index is 1.79. The Morgan fingerprint density at radius 2 is 2.00 bits per heavy atom. The molecule has 0 saturated carbocycles. The highest BCUT2D eigenvalue weighted by atomic mass is 79.9. The first-order valence-electron chi connectivity index (χ1n) is 10.7. The molecule has 34 heavy (non-hydrogen) atoms. The van der Waals surface area contributed by atoms with Crippen LogP contribution in [0.4, 0.5) is 13.6 Å². The van der Waals surface area contributed by atoms with E-state index >= 15 is 0 Å². The van der Waals surface area contributed by atoms with Crippen LogP contribution in [0.2, 0.25) is 0 Å². The van der Waals surface area contributed by atoms with Gasteiger partial charge in [-0.2, -0.15) is 0 Å². The SMILES string of the molecule is Cc1cc(OCc2ccc(F)cc2F)c(Br)c(=O)n1CC1=CCC(NC(=O)[O-])(C(C)(C)C)C=C1. The van der Waals surface area contributed by atoms with Crippen molar-refractivity contribution in [2.75, 3.05) is 0 Å². The molecule has 1 atom stereocenters. The van der Waals surface area contributed by atoms with Crippen molar-refractivity contribution < 1.29 is 23.4 Å². The van der Waals surface area contributed by atoms with Crippen molar-refractivity contribution in [3.63, 3.8) is 0 Å². The zero-order valence-electron chi connectivity index (χ0n) is 19.4. The highest BCUT2D eigenvalue weighted by molar-refractivity contribution is 9.10. The van der Waals surface area contributed by atoms with Crippen molar-refractivity contribution >= 4 is 22.0 Å². The number of ether oxygens (including phenoxy) is 1. The summed E-state index contributed by atoms with van der Waals surface area (Å²) in [5.74, 6) is -1.15. The smallest absolute Gasteiger partial charge is 0.269 e. The van der Waals surface area contributed by atoms with Gasteiger partial charge in [-0.1, -0.05) is 39.0 Å². The average Bonchev–Trinajstić information content (AvgIpc) is 2.74. The van der Waals surface area contributed by atoms with Crippen LogP contribution in [-0.2, 0) is 13.2 Å². The Morgan fingerprint density at radius 1 is 1.29 bits per heavy atom. The summed E-state index contributed by atoms with van der Waals surface area (Å²) >= 11 is 3.27. The number of hydrogen-bond donors (Lipinski definition) is 1. The van der Waals surface area contributed by atoms with Gasteiger partial charge in [0, 0.05) is 23.4 Å². The van der Waals surface area contributed by atoms with Gasteiger partial charge in [-0.25, -0.2) is 8.78 Å². The third kappa shape index (κ3) is 5.41. The molecule has 1 N–H and O–H groups in total. The van der Waals surface area contributed by atoms with E-state index in [0.29, 0.717) is 12.1 Å². The lowest BCUT2D eigenvalue weighted by atomic mass is 9.69. The Morgan fingerprint density at radius 3 is 2.56 bits per heavy atom. The van der Waals surface area contributed by atoms with Gasteiger partial charge in [0.05, 0.1) is 12.1 Å². The Hall–Kier alpha value is -2.94. The largest absolute Gasteiger partial charge is 0.530 e. The number of aryl methyl sites for hydroxylation is 1. The minimum Gasteiger partial charge on any atom is -0.530 e. The van der Waals surface area contributed by atoms with E-state index in [9.17, 15) is 23.5 Å². The summed E-state index contributed by atoms with van der Waals surface area (Å²) in [6.07, 6.45) is 4.59. The van der Waals surface area contributed by atoms with Gasteiger partial charge in [-0.15, -0.1) is 0 Å². The summed E-state index contributed by atoms with van der Waals surface area (Å²) in [6.45, 7) is 7.68. The summed E-state index contributed by atoms with van der Waals surface area (Å²) in [7, 11) is 0. The van der Waals surface area contributed by atoms with E-state index in [1.54, 1.807) is 17.6 Å². The van der Waals surface area contributed by atoms with Crippen molar-refractivity contribution in [3.05, 3.63) is 85.8 Å². The van der Waals surface area contributed by atoms with Gasteiger partial charge < -0.3 is 24.5 Å². The number of halogens is 3. The van der Waals surface area contributed by atoms with Gasteiger partial charge in [0.25, 0.3) is 5.56 Å². The average molecular weight is 536 g/mol. The number of amides is 1. The van der Waals surface area contributed by atoms with Gasteiger partial charge in [0.1, 0.15) is 34.6 Å². The molecule has 9 heteroatoms. The van der Waals surface area contributed by atoms with Gasteiger partial charge in [-0.3, -0.25) is 4.79 Å². The van der Waals surface area contributed by atoms with E-state index in [4.69, 9.17) is 4.74 Å². The van der Waals surface area contributed by atoms with Crippen molar-refractivity contribution in [2.24, 2.45) is 5.41 Å². The van der Waals surface area contributed by atoms with E-state index in [1.807, 2.05) is 39.0 Å². The van der Waals surface area contributed by atoms with Crippen LogP contribution in [0, 0.1) is 24.0 Å². The monoisotopic (exact) mass is 535 g/mol. The molecule has 3 rings (SSSR count). The van der Waals surface area contributed by atoms with Crippen LogP contribution >= 0.6 is 15.9 Å². The fourth-order valence-corrected chi connectivity index (χ4v) is 4.25. The minimum absolute atomic E-state index is 0.165. The molecule has 1 aromatic carbocycles. The molecule has 182 valence electrons. The summed E-state index contributed by atoms with van der Waals surface area (Å²) in [4.78, 5) is 24.3. The molecule has 1 aromatic heterocycles. The second kappa shape index (κ2) is 9.74. The molecule has 0 radical (unpaired) electrons. The molecule has 1 unspecified atom stereocenters. The molecular formula is C25H26BrF2N2O4-. The van der Waals surface area contributed by atoms with Crippen LogP contribution < -0.4 is 20.7 Å². The maximum absolute atomic E-state index is 13.9. The third-order valence-electron chi connectivity index (χ3n) is 6.09. The molecule has 1 amide bonds. The van der Waals surface area contributed by atoms with Crippen LogP contribution in [0.5, 0.6) is 5.75 Å². The summed E-state index contributed by atoms with van der Waals surface area (Å²) in [5.41, 5.74) is 0.0921. The van der Waals surface area contributed by atoms with Crippen molar-refractivity contribution in [1.82, 2.24) is 9.88 Å². The molecule has 0 saturated heterocycles. The molecular weight excluding hydrogens is 510 g/mol. The number of pyridine rings is 1. The number of carboxylic acid groups (broad SMARTS) is 1. The number of carbonyl (C=O) groups excluding carboxylic acids is 1. The second-order valence-corrected chi connectivity index (χ2v) is 10.1. The Kier molecular flexibility index (Phi) is 7.35. The zero-order chi connectivity index (χ0) is 25.3. The standard InChI is InChI=1S/C25H27BrF2N2O4/c1-15-11-20(34-14-17-5-6-18(27)12-19(17)28)21(26)22(31)30(15)13-16-7-9-25(10-8-16,24(2,3)4)29-23(32)33/h5-9,11-12,29H,10,13-14H2,1-4H3,(H,32,33)/p-1. The first kappa shape index (κ1) is 25.7. The highest BCUT2D eigenvalue weighted by Gasteiger charge is 2.40. The number of nitrogens with zero attached hydrogens (tertiary/aromatic N) is 1. The van der Waals surface area contributed by atoms with E-state index in [2.05, 4.69) is 21.2 Å². The van der Waals surface area contributed by atoms with Crippen LogP contribution in [0.15, 0.2) is 57.3 Å². The molecule has 0 aliphatic heterocycles. The number of hydrogen-bond acceptors (Lipinski definition) is 4. The van der Waals surface area contributed by atoms with E-state index < -0.39 is 28.7 Å². The first-order chi connectivity index (χ1) is 15.8. The van der Waals surface area contributed by atoms with Crippen LogP contribution in [0.1, 0.15) is 38.4 Å². The quantitative estimate of drug-likeness (QED) is 0.594. The lowest BCUT2D eigenvalue weighted by molar-refractivity contribution is -0.253. The number of allylic oxidation sites excluding steroid dienone is 2. The Labute approximate surface area is 205 Å². The summed E-state index contributed by atoms with van der Waals surface area (Å²) < 4.78 is 34.4. The van der Waals surface area contributed by atoms with Gasteiger partial charge in [0.2, 0.25) is 0 Å². The molecule has 6 nitrogen and oxygen atoms in total. The summed E-state index contributed by atoms with van der Waals surface area (Å²) in [5, 5.41) is 13.8. The summed E-state index contributed by atoms with van der Waals surface area (Å²) in [6, 6.07) is 4.88. The van der Waals surface area contributed by atoms with Crippen molar-refractivity contribution in [2.45, 2.75) is 52.8 Å². The zero-order valence-corrected chi connectivity index (χ0v) is 21.0. The number of carbonyl (C=O) groups is 1. The molecule has 1 heterocycles. The predicted octanol–water partition coefficient (Wildman–Crippen LogP) is 4.38. The number of rotatable bonds is 6. The fraction of sp³-hybridized carbons (Fsp3) is 0.360. The van der Waals surface area contributed by atoms with E-state index in [1.165, 1.54) is 6.07 Å². The maximum Gasteiger partial charge on any atom is 0.269 e. The van der Waals surface area contributed by atoms with Crippen molar-refractivity contribution in [1.29, 1.82) is 0 Å². The molecule has 0 fully saturated rings. The molecule has 1 aliphatic rings. The maximum atomic E-state index is 13.9. The van der Waals surface area contributed by atoms with E-state index in [0.717, 1.165) is 17.7 Å². The number of nitrogens with one attached hydrogen (secondary N) is 1. The molecule has 2 aromatic rings. The van der Waals surface area contributed by atoms with Crippen molar-refractivity contribution in [3.8, 4) is 5.75 Å². The minimum atomic E-state index is -1.34. The lowest BCUT2D eigenvalue weighted by Gasteiger charge is -2.45. The molecule has 0 bridgehead atoms. The van der Waals surface area contributed by atoms with E-state index in [-0.39, 0.29) is 34.5 Å².